The maximum Gasteiger partial charge on any atom is 0.159 e. The average molecular weight is 773 g/mol. The fourth-order valence-corrected chi connectivity index (χ4v) is 9.81. The van der Waals surface area contributed by atoms with Crippen LogP contribution in [0.2, 0.25) is 0 Å². The van der Waals surface area contributed by atoms with Crippen LogP contribution in [0, 0.1) is 27.7 Å². The topological polar surface area (TPSA) is 32.8 Å². The van der Waals surface area contributed by atoms with Gasteiger partial charge in [-0.15, -0.1) is 0 Å². The van der Waals surface area contributed by atoms with Crippen LogP contribution >= 0.6 is 0 Å². The molecule has 2 aromatic heterocycles. The normalized spacial score (nSPS) is 12.0. The van der Waals surface area contributed by atoms with Crippen LogP contribution in [-0.2, 0) is 0 Å². The van der Waals surface area contributed by atoms with Gasteiger partial charge in [-0.3, -0.25) is 0 Å². The fourth-order valence-electron chi connectivity index (χ4n) is 9.81. The second kappa shape index (κ2) is 13.0. The van der Waals surface area contributed by atoms with Crippen LogP contribution in [0.3, 0.4) is 0 Å². The monoisotopic (exact) mass is 772 g/mol. The number of aryl methyl sites for hydroxylation is 4. The van der Waals surface area contributed by atoms with Crippen LogP contribution in [-0.4, -0.2) is 0 Å². The molecule has 0 saturated heterocycles. The summed E-state index contributed by atoms with van der Waals surface area (Å²) in [5.74, 6) is 0. The van der Waals surface area contributed by atoms with E-state index >= 15 is 0 Å². The lowest BCUT2D eigenvalue weighted by molar-refractivity contribution is 0.665. The van der Waals surface area contributed by atoms with Gasteiger partial charge in [-0.1, -0.05) is 133 Å². The summed E-state index contributed by atoms with van der Waals surface area (Å²) in [6.45, 7) is 8.63. The van der Waals surface area contributed by atoms with E-state index in [4.69, 9.17) is 8.83 Å². The number of benzene rings is 10. The van der Waals surface area contributed by atoms with Gasteiger partial charge < -0.3 is 18.6 Å². The van der Waals surface area contributed by atoms with Crippen molar-refractivity contribution < 1.29 is 8.83 Å². The molecule has 0 aliphatic carbocycles. The molecule has 60 heavy (non-hydrogen) atoms. The summed E-state index contributed by atoms with van der Waals surface area (Å²) < 4.78 is 13.7. The lowest BCUT2D eigenvalue weighted by Crippen LogP contribution is -2.13. The van der Waals surface area contributed by atoms with Crippen molar-refractivity contribution in [3.05, 3.63) is 192 Å². The highest BCUT2D eigenvalue weighted by Crippen LogP contribution is 2.51. The Labute approximate surface area is 347 Å². The maximum absolute atomic E-state index is 6.84. The smallest absolute Gasteiger partial charge is 0.159 e. The number of hydrogen-bond donors (Lipinski definition) is 0. The van der Waals surface area contributed by atoms with Crippen LogP contribution in [0.4, 0.5) is 34.1 Å². The average Bonchev–Trinajstić information content (AvgIpc) is 3.86. The van der Waals surface area contributed by atoms with Gasteiger partial charge in [0, 0.05) is 43.7 Å². The predicted molar refractivity (Wildman–Crippen MR) is 253 cm³/mol. The summed E-state index contributed by atoms with van der Waals surface area (Å²) in [5.41, 5.74) is 14.7. The highest BCUT2D eigenvalue weighted by atomic mass is 16.3. The number of furan rings is 2. The van der Waals surface area contributed by atoms with Gasteiger partial charge in [0.2, 0.25) is 0 Å². The Morgan fingerprint density at radius 1 is 0.267 bits per heavy atom. The minimum Gasteiger partial charge on any atom is -0.454 e. The zero-order chi connectivity index (χ0) is 40.2. The van der Waals surface area contributed by atoms with Gasteiger partial charge in [0.1, 0.15) is 11.2 Å². The summed E-state index contributed by atoms with van der Waals surface area (Å²) in [5, 5.41) is 11.7. The number of rotatable bonds is 6. The van der Waals surface area contributed by atoms with Gasteiger partial charge in [0.05, 0.1) is 22.7 Å². The first-order chi connectivity index (χ1) is 29.4. The summed E-state index contributed by atoms with van der Waals surface area (Å²) in [6, 6.07) is 61.5. The van der Waals surface area contributed by atoms with Gasteiger partial charge >= 0.3 is 0 Å². The van der Waals surface area contributed by atoms with E-state index in [2.05, 4.69) is 207 Å². The molecule has 0 fully saturated rings. The molecule has 0 bridgehead atoms. The van der Waals surface area contributed by atoms with Gasteiger partial charge in [-0.2, -0.15) is 0 Å². The Morgan fingerprint density at radius 2 is 0.617 bits per heavy atom. The van der Waals surface area contributed by atoms with Crippen LogP contribution in [0.5, 0.6) is 0 Å². The third kappa shape index (κ3) is 4.91. The molecule has 0 aliphatic heterocycles. The summed E-state index contributed by atoms with van der Waals surface area (Å²) in [6.07, 6.45) is 0. The Balaban J connectivity index is 1.15. The van der Waals surface area contributed by atoms with E-state index in [1.165, 1.54) is 43.4 Å². The summed E-state index contributed by atoms with van der Waals surface area (Å²) in [7, 11) is 0. The second-order valence-corrected chi connectivity index (χ2v) is 16.3. The number of para-hydroxylation sites is 6. The van der Waals surface area contributed by atoms with Crippen LogP contribution in [0.15, 0.2) is 179 Å². The van der Waals surface area contributed by atoms with E-state index in [0.29, 0.717) is 0 Å². The molecule has 0 N–H and O–H groups in total. The Kier molecular flexibility index (Phi) is 7.45. The molecule has 286 valence electrons. The van der Waals surface area contributed by atoms with E-state index in [9.17, 15) is 0 Å². The summed E-state index contributed by atoms with van der Waals surface area (Å²) in [4.78, 5) is 4.82. The third-order valence-electron chi connectivity index (χ3n) is 12.7. The highest BCUT2D eigenvalue weighted by Gasteiger charge is 2.26. The molecule has 0 saturated carbocycles. The van der Waals surface area contributed by atoms with Crippen molar-refractivity contribution in [3.8, 4) is 0 Å². The molecule has 0 spiro atoms. The van der Waals surface area contributed by atoms with E-state index in [1.807, 2.05) is 0 Å². The van der Waals surface area contributed by atoms with Gasteiger partial charge in [-0.25, -0.2) is 0 Å². The molecule has 4 heteroatoms. The zero-order valence-electron chi connectivity index (χ0n) is 33.9. The molecule has 4 nitrogen and oxygen atoms in total. The zero-order valence-corrected chi connectivity index (χ0v) is 33.9. The van der Waals surface area contributed by atoms with Gasteiger partial charge in [0.15, 0.2) is 11.2 Å². The minimum atomic E-state index is 0.877. The molecule has 0 atom stereocenters. The minimum absolute atomic E-state index is 0.877. The standard InChI is InChI=1S/C56H40N2O2/c1-33-13-5-7-21-45(33)57(49-23-11-19-41-39-17-9-15-35(3)53(39)59-55(41)49)47-31-27-37-26-30-44-48(32-28-38-25-29-43(47)51(37)52(38)44)58(46-22-8-6-14-34(46)2)50-24-12-20-42-40-18-10-16-36(4)54(40)60-56(42)50/h5-32H,1-4H3. The van der Waals surface area contributed by atoms with Gasteiger partial charge in [0.25, 0.3) is 0 Å². The summed E-state index contributed by atoms with van der Waals surface area (Å²) >= 11 is 0. The van der Waals surface area contributed by atoms with Crippen molar-refractivity contribution >= 4 is 110 Å². The van der Waals surface area contributed by atoms with Crippen molar-refractivity contribution in [2.75, 3.05) is 9.80 Å². The highest BCUT2D eigenvalue weighted by molar-refractivity contribution is 6.29. The largest absolute Gasteiger partial charge is 0.454 e. The van der Waals surface area contributed by atoms with Crippen molar-refractivity contribution in [1.29, 1.82) is 0 Å². The van der Waals surface area contributed by atoms with Crippen LogP contribution < -0.4 is 9.80 Å². The predicted octanol–water partition coefficient (Wildman–Crippen LogP) is 16.6. The number of anilines is 6. The molecular formula is C56H40N2O2. The van der Waals surface area contributed by atoms with Crippen LogP contribution in [0.25, 0.3) is 76.2 Å². The maximum atomic E-state index is 6.84. The number of hydrogen-bond acceptors (Lipinski definition) is 4. The first-order valence-corrected chi connectivity index (χ1v) is 20.7. The lowest BCUT2D eigenvalue weighted by atomic mass is 9.91. The Hall–Kier alpha value is -7.56. The molecule has 12 aromatic rings. The quantitative estimate of drug-likeness (QED) is 0.158. The Morgan fingerprint density at radius 3 is 1.05 bits per heavy atom. The van der Waals surface area contributed by atoms with E-state index in [1.54, 1.807) is 0 Å². The first kappa shape index (κ1) is 34.5. The molecule has 0 unspecified atom stereocenters. The van der Waals surface area contributed by atoms with Gasteiger partial charge in [-0.05, 0) is 108 Å². The molecular weight excluding hydrogens is 733 g/mol. The molecule has 10 aromatic carbocycles. The van der Waals surface area contributed by atoms with Crippen molar-refractivity contribution in [2.24, 2.45) is 0 Å². The SMILES string of the molecule is Cc1ccccc1N(c1ccc2ccc3c(N(c4ccccc4C)c4cccc5c4oc4c(C)cccc45)ccc4ccc1c2c43)c1cccc2c1oc1c(C)cccc12. The molecule has 0 amide bonds. The van der Waals surface area contributed by atoms with Crippen LogP contribution in [0.1, 0.15) is 22.3 Å². The Bertz CT molecular complexity index is 3440. The molecule has 0 aliphatic rings. The van der Waals surface area contributed by atoms with E-state index in [-0.39, 0.29) is 0 Å². The molecule has 0 radical (unpaired) electrons. The fraction of sp³-hybridized carbons (Fsp3) is 0.0714. The van der Waals surface area contributed by atoms with E-state index in [0.717, 1.165) is 89.1 Å². The van der Waals surface area contributed by atoms with Crippen molar-refractivity contribution in [3.63, 3.8) is 0 Å². The first-order valence-electron chi connectivity index (χ1n) is 20.7. The molecule has 12 rings (SSSR count). The van der Waals surface area contributed by atoms with E-state index < -0.39 is 0 Å². The number of nitrogens with zero attached hydrogens (tertiary/aromatic N) is 2. The number of fused-ring (bicyclic) bond motifs is 6. The third-order valence-corrected chi connectivity index (χ3v) is 12.7. The lowest BCUT2D eigenvalue weighted by Gasteiger charge is -2.30. The molecule has 2 heterocycles. The van der Waals surface area contributed by atoms with Crippen molar-refractivity contribution in [2.45, 2.75) is 27.7 Å². The van der Waals surface area contributed by atoms with Crippen molar-refractivity contribution in [1.82, 2.24) is 0 Å². The second-order valence-electron chi connectivity index (χ2n) is 16.3.